The quantitative estimate of drug-likeness (QED) is 0.663. The van der Waals surface area contributed by atoms with E-state index in [1.165, 1.54) is 12.1 Å². The van der Waals surface area contributed by atoms with E-state index in [2.05, 4.69) is 5.32 Å². The van der Waals surface area contributed by atoms with Crippen molar-refractivity contribution in [1.82, 2.24) is 5.32 Å². The zero-order valence-electron chi connectivity index (χ0n) is 15.5. The molecule has 0 saturated heterocycles. The molecule has 0 spiro atoms. The number of ether oxygens (including phenoxy) is 1. The lowest BCUT2D eigenvalue weighted by atomic mass is 10.2. The molecule has 0 aromatic heterocycles. The molecule has 0 atom stereocenters. The van der Waals surface area contributed by atoms with E-state index >= 15 is 0 Å². The van der Waals surface area contributed by atoms with Crippen molar-refractivity contribution in [3.8, 4) is 5.75 Å². The zero-order chi connectivity index (χ0) is 20.0. The predicted molar refractivity (Wildman–Crippen MR) is 108 cm³/mol. The Kier molecular flexibility index (Phi) is 6.11. The predicted octanol–water partition coefficient (Wildman–Crippen LogP) is 3.60. The summed E-state index contributed by atoms with van der Waals surface area (Å²) in [6, 6.07) is 23.4. The highest BCUT2D eigenvalue weighted by Gasteiger charge is 2.11. The summed E-state index contributed by atoms with van der Waals surface area (Å²) in [7, 11) is -3.35. The Hall–Kier alpha value is -3.12. The highest BCUT2D eigenvalue weighted by atomic mass is 32.2. The van der Waals surface area contributed by atoms with Crippen molar-refractivity contribution in [2.45, 2.75) is 18.0 Å². The minimum atomic E-state index is -3.35. The van der Waals surface area contributed by atoms with E-state index in [1.54, 1.807) is 12.1 Å². The summed E-state index contributed by atoms with van der Waals surface area (Å²) in [6.45, 7) is 0.828. The number of nitrogens with one attached hydrogen (secondary N) is 1. The van der Waals surface area contributed by atoms with Crippen LogP contribution in [0.3, 0.4) is 0 Å². The van der Waals surface area contributed by atoms with Gasteiger partial charge < -0.3 is 10.1 Å². The van der Waals surface area contributed by atoms with Gasteiger partial charge in [-0.2, -0.15) is 0 Å². The molecule has 3 aromatic carbocycles. The lowest BCUT2D eigenvalue weighted by molar-refractivity contribution is 0.0950. The third-order valence-corrected chi connectivity index (χ3v) is 5.26. The van der Waals surface area contributed by atoms with Crippen molar-refractivity contribution in [3.63, 3.8) is 0 Å². The van der Waals surface area contributed by atoms with Gasteiger partial charge in [0.25, 0.3) is 5.91 Å². The third-order valence-electron chi connectivity index (χ3n) is 4.15. The first kappa shape index (κ1) is 19.6. The van der Waals surface area contributed by atoms with Crippen LogP contribution in [-0.4, -0.2) is 20.6 Å². The van der Waals surface area contributed by atoms with Crippen LogP contribution in [0, 0.1) is 0 Å². The molecule has 5 nitrogen and oxygen atoms in total. The molecule has 144 valence electrons. The molecule has 28 heavy (non-hydrogen) atoms. The number of hydrogen-bond donors (Lipinski definition) is 1. The summed E-state index contributed by atoms with van der Waals surface area (Å²) in [5.74, 6) is 0.426. The summed E-state index contributed by atoms with van der Waals surface area (Å²) >= 11 is 0. The van der Waals surface area contributed by atoms with E-state index in [0.717, 1.165) is 23.1 Å². The Balaban J connectivity index is 1.55. The molecule has 3 aromatic rings. The van der Waals surface area contributed by atoms with Crippen molar-refractivity contribution < 1.29 is 17.9 Å². The van der Waals surface area contributed by atoms with Gasteiger partial charge >= 0.3 is 0 Å². The second-order valence-corrected chi connectivity index (χ2v) is 8.42. The van der Waals surface area contributed by atoms with E-state index in [4.69, 9.17) is 4.74 Å². The first-order valence-corrected chi connectivity index (χ1v) is 10.6. The van der Waals surface area contributed by atoms with Crippen LogP contribution in [0.2, 0.25) is 0 Å². The van der Waals surface area contributed by atoms with Gasteiger partial charge in [-0.3, -0.25) is 4.79 Å². The highest BCUT2D eigenvalue weighted by molar-refractivity contribution is 7.90. The Morgan fingerprint density at radius 3 is 2.29 bits per heavy atom. The number of hydrogen-bond acceptors (Lipinski definition) is 4. The van der Waals surface area contributed by atoms with E-state index in [0.29, 0.717) is 18.7 Å². The minimum Gasteiger partial charge on any atom is -0.489 e. The van der Waals surface area contributed by atoms with E-state index in [9.17, 15) is 13.2 Å². The summed E-state index contributed by atoms with van der Waals surface area (Å²) < 4.78 is 29.0. The molecule has 0 aliphatic heterocycles. The van der Waals surface area contributed by atoms with Gasteiger partial charge in [-0.15, -0.1) is 0 Å². The van der Waals surface area contributed by atoms with E-state index < -0.39 is 9.84 Å². The topological polar surface area (TPSA) is 72.5 Å². The SMILES string of the molecule is CS(=O)(=O)c1cccc(C(=O)NCc2ccc(OCc3ccccc3)cc2)c1. The monoisotopic (exact) mass is 395 g/mol. The van der Waals surface area contributed by atoms with Gasteiger partial charge in [-0.25, -0.2) is 8.42 Å². The molecule has 0 radical (unpaired) electrons. The zero-order valence-corrected chi connectivity index (χ0v) is 16.3. The largest absolute Gasteiger partial charge is 0.489 e. The van der Waals surface area contributed by atoms with Gasteiger partial charge in [0, 0.05) is 18.4 Å². The maximum Gasteiger partial charge on any atom is 0.251 e. The normalized spacial score (nSPS) is 11.0. The fraction of sp³-hybridized carbons (Fsp3) is 0.136. The van der Waals surface area contributed by atoms with Gasteiger partial charge in [0.1, 0.15) is 12.4 Å². The molecule has 1 N–H and O–H groups in total. The number of benzene rings is 3. The number of sulfone groups is 1. The van der Waals surface area contributed by atoms with Crippen LogP contribution in [-0.2, 0) is 23.0 Å². The number of carbonyl (C=O) groups excluding carboxylic acids is 1. The lowest BCUT2D eigenvalue weighted by Gasteiger charge is -2.09. The molecule has 0 bridgehead atoms. The summed E-state index contributed by atoms with van der Waals surface area (Å²) in [5, 5.41) is 2.80. The average molecular weight is 395 g/mol. The molecule has 0 heterocycles. The number of rotatable bonds is 7. The van der Waals surface area contributed by atoms with Crippen molar-refractivity contribution in [1.29, 1.82) is 0 Å². The van der Waals surface area contributed by atoms with Crippen LogP contribution in [0.5, 0.6) is 5.75 Å². The van der Waals surface area contributed by atoms with Crippen LogP contribution >= 0.6 is 0 Å². The van der Waals surface area contributed by atoms with Crippen molar-refractivity contribution >= 4 is 15.7 Å². The minimum absolute atomic E-state index is 0.125. The molecule has 0 aliphatic rings. The Morgan fingerprint density at radius 1 is 0.893 bits per heavy atom. The molecule has 0 aliphatic carbocycles. The van der Waals surface area contributed by atoms with Crippen molar-refractivity contribution in [2.75, 3.05) is 6.26 Å². The number of carbonyl (C=O) groups is 1. The summed E-state index contributed by atoms with van der Waals surface area (Å²) in [4.78, 5) is 12.4. The molecular formula is C22H21NO4S. The van der Waals surface area contributed by atoms with E-state index in [-0.39, 0.29) is 10.8 Å². The molecular weight excluding hydrogens is 374 g/mol. The van der Waals surface area contributed by atoms with Crippen molar-refractivity contribution in [2.24, 2.45) is 0 Å². The Bertz CT molecular complexity index is 1050. The summed E-state index contributed by atoms with van der Waals surface area (Å²) in [6.07, 6.45) is 1.12. The molecule has 3 rings (SSSR count). The highest BCUT2D eigenvalue weighted by Crippen LogP contribution is 2.15. The number of amides is 1. The van der Waals surface area contributed by atoms with Crippen LogP contribution in [0.4, 0.5) is 0 Å². The molecule has 0 saturated carbocycles. The first-order chi connectivity index (χ1) is 13.4. The maximum atomic E-state index is 12.3. The first-order valence-electron chi connectivity index (χ1n) is 8.76. The van der Waals surface area contributed by atoms with Crippen molar-refractivity contribution in [3.05, 3.63) is 95.6 Å². The Morgan fingerprint density at radius 2 is 1.61 bits per heavy atom. The maximum absolute atomic E-state index is 12.3. The molecule has 1 amide bonds. The van der Waals surface area contributed by atoms with Crippen LogP contribution in [0.25, 0.3) is 0 Å². The molecule has 0 unspecified atom stereocenters. The van der Waals surface area contributed by atoms with E-state index in [1.807, 2.05) is 54.6 Å². The van der Waals surface area contributed by atoms with Gasteiger partial charge in [0.2, 0.25) is 0 Å². The standard InChI is InChI=1S/C22H21NO4S/c1-28(25,26)21-9-5-8-19(14-21)22(24)23-15-17-10-12-20(13-11-17)27-16-18-6-3-2-4-7-18/h2-14H,15-16H2,1H3,(H,23,24). The van der Waals surface area contributed by atoms with Gasteiger partial charge in [0.05, 0.1) is 4.90 Å². The van der Waals surface area contributed by atoms with Crippen LogP contribution < -0.4 is 10.1 Å². The summed E-state index contributed by atoms with van der Waals surface area (Å²) in [5.41, 5.74) is 2.32. The smallest absolute Gasteiger partial charge is 0.251 e. The van der Waals surface area contributed by atoms with Crippen LogP contribution in [0.1, 0.15) is 21.5 Å². The average Bonchev–Trinajstić information content (AvgIpc) is 2.71. The lowest BCUT2D eigenvalue weighted by Crippen LogP contribution is -2.23. The third kappa shape index (κ3) is 5.44. The molecule has 0 fully saturated rings. The van der Waals surface area contributed by atoms with Gasteiger partial charge in [-0.1, -0.05) is 48.5 Å². The Labute approximate surface area is 164 Å². The second kappa shape index (κ2) is 8.71. The fourth-order valence-corrected chi connectivity index (χ4v) is 3.26. The second-order valence-electron chi connectivity index (χ2n) is 6.40. The fourth-order valence-electron chi connectivity index (χ4n) is 2.60. The van der Waals surface area contributed by atoms with Gasteiger partial charge in [-0.05, 0) is 41.5 Å². The van der Waals surface area contributed by atoms with Gasteiger partial charge in [0.15, 0.2) is 9.84 Å². The molecule has 6 heteroatoms. The van der Waals surface area contributed by atoms with Crippen LogP contribution in [0.15, 0.2) is 83.8 Å².